The van der Waals surface area contributed by atoms with Crippen molar-refractivity contribution < 1.29 is 23.8 Å². The van der Waals surface area contributed by atoms with Gasteiger partial charge in [-0.25, -0.2) is 9.59 Å². The van der Waals surface area contributed by atoms with E-state index in [0.29, 0.717) is 18.6 Å². The minimum Gasteiger partial charge on any atom is -0.489 e. The van der Waals surface area contributed by atoms with Crippen LogP contribution in [0.3, 0.4) is 0 Å². The summed E-state index contributed by atoms with van der Waals surface area (Å²) in [6, 6.07) is 17.2. The number of carbonyl (C=O) groups excluding carboxylic acids is 2. The van der Waals surface area contributed by atoms with Crippen molar-refractivity contribution in [3.05, 3.63) is 77.4 Å². The molecule has 0 spiro atoms. The van der Waals surface area contributed by atoms with Crippen LogP contribution in [-0.4, -0.2) is 29.3 Å². The van der Waals surface area contributed by atoms with Crippen molar-refractivity contribution in [3.63, 3.8) is 0 Å². The normalized spacial score (nSPS) is 13.1. The van der Waals surface area contributed by atoms with Gasteiger partial charge in [0.2, 0.25) is 0 Å². The van der Waals surface area contributed by atoms with Crippen LogP contribution in [0.15, 0.2) is 66.2 Å². The Labute approximate surface area is 203 Å². The molecular formula is C28H37NO5. The van der Waals surface area contributed by atoms with Gasteiger partial charge in [0, 0.05) is 5.57 Å². The molecule has 184 valence electrons. The Morgan fingerprint density at radius 3 is 2.00 bits per heavy atom. The molecule has 2 rings (SSSR count). The van der Waals surface area contributed by atoms with Crippen LogP contribution < -0.4 is 10.1 Å². The highest BCUT2D eigenvalue weighted by Gasteiger charge is 2.22. The van der Waals surface area contributed by atoms with Crippen LogP contribution in [0.25, 0.3) is 0 Å². The maximum absolute atomic E-state index is 12.4. The highest BCUT2D eigenvalue weighted by molar-refractivity contribution is 5.88. The van der Waals surface area contributed by atoms with E-state index in [4.69, 9.17) is 14.2 Å². The minimum absolute atomic E-state index is 0.416. The molecule has 6 nitrogen and oxygen atoms in total. The highest BCUT2D eigenvalue weighted by atomic mass is 16.6. The van der Waals surface area contributed by atoms with E-state index in [1.807, 2.05) is 75.4 Å². The van der Waals surface area contributed by atoms with Crippen molar-refractivity contribution in [1.29, 1.82) is 0 Å². The SMILES string of the molecule is C/C(=C\C(Cc1ccc(OCc2ccccc2)cc1)NC(=O)OC(C)(C)C)C(=O)OC(C)(C)C. The highest BCUT2D eigenvalue weighted by Crippen LogP contribution is 2.17. The summed E-state index contributed by atoms with van der Waals surface area (Å²) in [6.45, 7) is 13.0. The number of carbonyl (C=O) groups is 2. The zero-order valence-electron chi connectivity index (χ0n) is 21.3. The van der Waals surface area contributed by atoms with Gasteiger partial charge in [0.1, 0.15) is 23.6 Å². The maximum atomic E-state index is 12.4. The summed E-state index contributed by atoms with van der Waals surface area (Å²) in [5.74, 6) is 0.331. The van der Waals surface area contributed by atoms with Gasteiger partial charge in [0.05, 0.1) is 6.04 Å². The van der Waals surface area contributed by atoms with Gasteiger partial charge in [-0.3, -0.25) is 0 Å². The second kappa shape index (κ2) is 11.7. The summed E-state index contributed by atoms with van der Waals surface area (Å²) in [7, 11) is 0. The second-order valence-corrected chi connectivity index (χ2v) is 10.2. The molecule has 0 saturated heterocycles. The van der Waals surface area contributed by atoms with Gasteiger partial charge >= 0.3 is 12.1 Å². The first kappa shape index (κ1) is 27.0. The Balaban J connectivity index is 2.11. The van der Waals surface area contributed by atoms with Crippen LogP contribution in [-0.2, 0) is 27.3 Å². The molecule has 0 aromatic heterocycles. The number of alkyl carbamates (subject to hydrolysis) is 1. The average molecular weight is 468 g/mol. The zero-order chi connectivity index (χ0) is 25.4. The van der Waals surface area contributed by atoms with Gasteiger partial charge in [0.25, 0.3) is 0 Å². The van der Waals surface area contributed by atoms with Crippen LogP contribution in [0.2, 0.25) is 0 Å². The number of hydrogen-bond acceptors (Lipinski definition) is 5. The molecule has 0 bridgehead atoms. The molecule has 1 N–H and O–H groups in total. The van der Waals surface area contributed by atoms with Crippen LogP contribution in [0, 0.1) is 0 Å². The van der Waals surface area contributed by atoms with E-state index >= 15 is 0 Å². The molecule has 1 amide bonds. The molecular weight excluding hydrogens is 430 g/mol. The smallest absolute Gasteiger partial charge is 0.408 e. The molecule has 0 aliphatic heterocycles. The first-order chi connectivity index (χ1) is 15.8. The van der Waals surface area contributed by atoms with Crippen LogP contribution in [0.4, 0.5) is 4.79 Å². The summed E-state index contributed by atoms with van der Waals surface area (Å²) < 4.78 is 16.7. The lowest BCUT2D eigenvalue weighted by Gasteiger charge is -2.23. The Bertz CT molecular complexity index is 967. The Morgan fingerprint density at radius 2 is 1.44 bits per heavy atom. The number of amides is 1. The van der Waals surface area contributed by atoms with Crippen molar-refractivity contribution in [3.8, 4) is 5.75 Å². The van der Waals surface area contributed by atoms with Gasteiger partial charge in [-0.15, -0.1) is 0 Å². The minimum atomic E-state index is -0.629. The second-order valence-electron chi connectivity index (χ2n) is 10.2. The molecule has 2 aromatic carbocycles. The predicted molar refractivity (Wildman–Crippen MR) is 134 cm³/mol. The lowest BCUT2D eigenvalue weighted by atomic mass is 10.0. The number of rotatable bonds is 8. The molecule has 0 aliphatic carbocycles. The first-order valence-electron chi connectivity index (χ1n) is 11.5. The number of esters is 1. The van der Waals surface area contributed by atoms with Crippen molar-refractivity contribution in [2.24, 2.45) is 0 Å². The largest absolute Gasteiger partial charge is 0.489 e. The average Bonchev–Trinajstić information content (AvgIpc) is 2.71. The fourth-order valence-corrected chi connectivity index (χ4v) is 3.06. The standard InChI is InChI=1S/C28H37NO5/c1-20(25(30)33-27(2,3)4)17-23(29-26(31)34-28(5,6)7)18-21-13-15-24(16-14-21)32-19-22-11-9-8-10-12-22/h8-17,23H,18-19H2,1-7H3,(H,29,31)/b20-17+. The molecule has 0 radical (unpaired) electrons. The third-order valence-corrected chi connectivity index (χ3v) is 4.50. The number of nitrogens with one attached hydrogen (secondary N) is 1. The zero-order valence-corrected chi connectivity index (χ0v) is 21.3. The molecule has 0 fully saturated rings. The number of ether oxygens (including phenoxy) is 3. The number of benzene rings is 2. The molecule has 0 heterocycles. The van der Waals surface area contributed by atoms with E-state index in [-0.39, 0.29) is 0 Å². The van der Waals surface area contributed by atoms with Crippen molar-refractivity contribution in [2.75, 3.05) is 0 Å². The summed E-state index contributed by atoms with van der Waals surface area (Å²) in [5.41, 5.74) is 1.25. The summed E-state index contributed by atoms with van der Waals surface area (Å²) in [6.07, 6.45) is 1.63. The van der Waals surface area contributed by atoms with Gasteiger partial charge in [-0.2, -0.15) is 0 Å². The van der Waals surface area contributed by atoms with E-state index in [1.54, 1.807) is 33.8 Å². The Hall–Kier alpha value is -3.28. The first-order valence-corrected chi connectivity index (χ1v) is 11.5. The fourth-order valence-electron chi connectivity index (χ4n) is 3.06. The molecule has 6 heteroatoms. The fraction of sp³-hybridized carbons (Fsp3) is 0.429. The Morgan fingerprint density at radius 1 is 0.853 bits per heavy atom. The van der Waals surface area contributed by atoms with Crippen LogP contribution >= 0.6 is 0 Å². The van der Waals surface area contributed by atoms with E-state index in [2.05, 4.69) is 5.32 Å². The summed E-state index contributed by atoms with van der Waals surface area (Å²) in [4.78, 5) is 24.9. The van der Waals surface area contributed by atoms with Crippen LogP contribution in [0.1, 0.15) is 59.6 Å². The van der Waals surface area contributed by atoms with E-state index in [9.17, 15) is 9.59 Å². The van der Waals surface area contributed by atoms with Crippen molar-refractivity contribution in [2.45, 2.75) is 78.7 Å². The van der Waals surface area contributed by atoms with Crippen molar-refractivity contribution >= 4 is 12.1 Å². The van der Waals surface area contributed by atoms with E-state index in [1.165, 1.54) is 0 Å². The molecule has 1 unspecified atom stereocenters. The van der Waals surface area contributed by atoms with Gasteiger partial charge in [0.15, 0.2) is 0 Å². The lowest BCUT2D eigenvalue weighted by molar-refractivity contribution is -0.149. The molecule has 2 aromatic rings. The summed E-state index contributed by atoms with van der Waals surface area (Å²) >= 11 is 0. The molecule has 34 heavy (non-hydrogen) atoms. The molecule has 1 atom stereocenters. The van der Waals surface area contributed by atoms with Gasteiger partial charge in [-0.1, -0.05) is 48.5 Å². The molecule has 0 saturated carbocycles. The third kappa shape index (κ3) is 10.6. The van der Waals surface area contributed by atoms with Crippen molar-refractivity contribution in [1.82, 2.24) is 5.32 Å². The summed E-state index contributed by atoms with van der Waals surface area (Å²) in [5, 5.41) is 2.86. The number of hydrogen-bond donors (Lipinski definition) is 1. The lowest BCUT2D eigenvalue weighted by Crippen LogP contribution is -2.39. The Kier molecular flexibility index (Phi) is 9.30. The van der Waals surface area contributed by atoms with E-state index < -0.39 is 29.3 Å². The predicted octanol–water partition coefficient (Wildman–Crippen LogP) is 5.99. The molecule has 0 aliphatic rings. The van der Waals surface area contributed by atoms with Gasteiger partial charge < -0.3 is 19.5 Å². The maximum Gasteiger partial charge on any atom is 0.408 e. The quantitative estimate of drug-likeness (QED) is 0.381. The van der Waals surface area contributed by atoms with Gasteiger partial charge in [-0.05, 0) is 78.1 Å². The topological polar surface area (TPSA) is 73.9 Å². The van der Waals surface area contributed by atoms with E-state index in [0.717, 1.165) is 16.9 Å². The third-order valence-electron chi connectivity index (χ3n) is 4.50. The van der Waals surface area contributed by atoms with Crippen LogP contribution in [0.5, 0.6) is 5.75 Å². The monoisotopic (exact) mass is 467 g/mol.